The van der Waals surface area contributed by atoms with Crippen LogP contribution in [0.2, 0.25) is 0 Å². The minimum atomic E-state index is -3.73. The molecule has 3 heterocycles. The highest BCUT2D eigenvalue weighted by Gasteiger charge is 2.43. The first-order chi connectivity index (χ1) is 13.8. The Bertz CT molecular complexity index is 952. The van der Waals surface area contributed by atoms with Gasteiger partial charge in [0, 0.05) is 37.9 Å². The van der Waals surface area contributed by atoms with E-state index >= 15 is 0 Å². The monoisotopic (exact) mass is 410 g/mol. The molecule has 2 aromatic rings. The fourth-order valence-electron chi connectivity index (χ4n) is 3.05. The van der Waals surface area contributed by atoms with Crippen molar-refractivity contribution in [2.45, 2.75) is 12.7 Å². The molecule has 154 valence electrons. The van der Waals surface area contributed by atoms with Crippen molar-refractivity contribution in [2.24, 2.45) is 0 Å². The summed E-state index contributed by atoms with van der Waals surface area (Å²) in [6, 6.07) is 3.52. The van der Waals surface area contributed by atoms with Crippen LogP contribution in [0, 0.1) is 0 Å². The van der Waals surface area contributed by atoms with Crippen molar-refractivity contribution in [3.05, 3.63) is 23.9 Å². The van der Waals surface area contributed by atoms with Crippen LogP contribution in [-0.4, -0.2) is 64.5 Å². The summed E-state index contributed by atoms with van der Waals surface area (Å²) in [6.45, 7) is 1.30. The Kier molecular flexibility index (Phi) is 4.56. The van der Waals surface area contributed by atoms with Crippen molar-refractivity contribution in [3.8, 4) is 11.5 Å². The number of nitrogens with two attached hydrogens (primary N) is 1. The second kappa shape index (κ2) is 7.07. The topological polar surface area (TPSA) is 136 Å². The van der Waals surface area contributed by atoms with E-state index in [1.807, 2.05) is 0 Å². The zero-order valence-corrected chi connectivity index (χ0v) is 14.9. The number of urea groups is 1. The van der Waals surface area contributed by atoms with Gasteiger partial charge in [-0.3, -0.25) is 4.79 Å². The molecular formula is C16H16F2N6O5. The number of nitrogens with zero attached hydrogens (tertiary/aromatic N) is 4. The summed E-state index contributed by atoms with van der Waals surface area (Å²) >= 11 is 0. The molecule has 0 radical (unpaired) electrons. The maximum Gasteiger partial charge on any atom is 0.586 e. The van der Waals surface area contributed by atoms with Gasteiger partial charge in [0.15, 0.2) is 11.5 Å². The zero-order chi connectivity index (χ0) is 20.6. The van der Waals surface area contributed by atoms with Gasteiger partial charge in [-0.15, -0.1) is 8.78 Å². The van der Waals surface area contributed by atoms with Crippen LogP contribution < -0.4 is 20.5 Å². The Morgan fingerprint density at radius 3 is 2.55 bits per heavy atom. The van der Waals surface area contributed by atoms with Gasteiger partial charge in [0.1, 0.15) is 0 Å². The third-order valence-corrected chi connectivity index (χ3v) is 4.44. The van der Waals surface area contributed by atoms with Crippen molar-refractivity contribution in [1.82, 2.24) is 20.1 Å². The molecule has 1 aromatic carbocycles. The van der Waals surface area contributed by atoms with Gasteiger partial charge in [-0.25, -0.2) is 9.42 Å². The number of alkyl halides is 2. The number of amides is 3. The quantitative estimate of drug-likeness (QED) is 0.757. The molecule has 0 saturated carbocycles. The summed E-state index contributed by atoms with van der Waals surface area (Å²) in [5, 5.41) is 9.51. The predicted octanol–water partition coefficient (Wildman–Crippen LogP) is 1.35. The molecule has 0 bridgehead atoms. The zero-order valence-electron chi connectivity index (χ0n) is 14.9. The minimum absolute atomic E-state index is 0.0694. The van der Waals surface area contributed by atoms with Crippen LogP contribution in [0.15, 0.2) is 22.8 Å². The highest BCUT2D eigenvalue weighted by molar-refractivity contribution is 5.96. The molecule has 0 spiro atoms. The molecule has 2 aliphatic rings. The van der Waals surface area contributed by atoms with E-state index in [4.69, 9.17) is 5.73 Å². The Balaban J connectivity index is 1.37. The van der Waals surface area contributed by atoms with E-state index in [2.05, 4.69) is 29.7 Å². The number of aromatic nitrogens is 2. The Hall–Kier alpha value is -3.64. The lowest BCUT2D eigenvalue weighted by Crippen LogP contribution is -2.39. The number of halogens is 2. The molecule has 3 N–H and O–H groups in total. The number of hydrogen-bond acceptors (Lipinski definition) is 8. The number of nitrogen functional groups attached to an aromatic ring is 1. The fourth-order valence-corrected chi connectivity index (χ4v) is 3.05. The lowest BCUT2D eigenvalue weighted by atomic mass is 10.3. The van der Waals surface area contributed by atoms with Gasteiger partial charge >= 0.3 is 12.3 Å². The molecule has 13 heteroatoms. The van der Waals surface area contributed by atoms with E-state index < -0.39 is 18.2 Å². The number of fused-ring (bicyclic) bond motifs is 1. The van der Waals surface area contributed by atoms with Crippen LogP contribution in [0.25, 0.3) is 0 Å². The van der Waals surface area contributed by atoms with Crippen LogP contribution in [-0.2, 0) is 0 Å². The first kappa shape index (κ1) is 18.7. The molecule has 2 aliphatic heterocycles. The number of carbonyl (C=O) groups is 2. The molecule has 1 aromatic heterocycles. The summed E-state index contributed by atoms with van der Waals surface area (Å²) in [6.07, 6.45) is -3.20. The largest absolute Gasteiger partial charge is 0.586 e. The second-order valence-electron chi connectivity index (χ2n) is 6.39. The molecular weight excluding hydrogens is 394 g/mol. The van der Waals surface area contributed by atoms with Gasteiger partial charge in [0.05, 0.1) is 0 Å². The van der Waals surface area contributed by atoms with E-state index in [1.54, 1.807) is 0 Å². The minimum Gasteiger partial charge on any atom is -0.395 e. The Labute approximate surface area is 162 Å². The standard InChI is InChI=1S/C16H16F2N6O5/c17-16(18)27-10-3-2-9(8-11(10)28-16)20-15(26)24-5-1-4-23(6-7-24)14(25)12-13(19)22-29-21-12/h2-3,8H,1,4-7H2,(H2,19,22)(H,20,26). The maximum atomic E-state index is 13.1. The van der Waals surface area contributed by atoms with Crippen molar-refractivity contribution in [2.75, 3.05) is 37.2 Å². The van der Waals surface area contributed by atoms with Crippen molar-refractivity contribution < 1.29 is 32.5 Å². The number of rotatable bonds is 2. The number of anilines is 2. The second-order valence-corrected chi connectivity index (χ2v) is 6.39. The highest BCUT2D eigenvalue weighted by atomic mass is 19.3. The first-order valence-electron chi connectivity index (χ1n) is 8.65. The number of benzene rings is 1. The number of nitrogens with one attached hydrogen (secondary N) is 1. The molecule has 11 nitrogen and oxygen atoms in total. The van der Waals surface area contributed by atoms with Crippen molar-refractivity contribution in [1.29, 1.82) is 0 Å². The van der Waals surface area contributed by atoms with Gasteiger partial charge in [-0.05, 0) is 28.9 Å². The van der Waals surface area contributed by atoms with Crippen LogP contribution >= 0.6 is 0 Å². The van der Waals surface area contributed by atoms with Crippen LogP contribution in [0.4, 0.5) is 25.1 Å². The normalized spacial score (nSPS) is 17.7. The highest BCUT2D eigenvalue weighted by Crippen LogP contribution is 2.42. The lowest BCUT2D eigenvalue weighted by Gasteiger charge is -2.22. The number of carbonyl (C=O) groups excluding carboxylic acids is 2. The van der Waals surface area contributed by atoms with E-state index in [0.29, 0.717) is 19.5 Å². The van der Waals surface area contributed by atoms with E-state index in [-0.39, 0.29) is 41.8 Å². The molecule has 29 heavy (non-hydrogen) atoms. The van der Waals surface area contributed by atoms with Crippen molar-refractivity contribution in [3.63, 3.8) is 0 Å². The molecule has 1 fully saturated rings. The molecule has 1 saturated heterocycles. The maximum absolute atomic E-state index is 13.1. The smallest absolute Gasteiger partial charge is 0.395 e. The van der Waals surface area contributed by atoms with Crippen LogP contribution in [0.3, 0.4) is 0 Å². The lowest BCUT2D eigenvalue weighted by molar-refractivity contribution is -0.286. The van der Waals surface area contributed by atoms with E-state index in [1.165, 1.54) is 28.0 Å². The summed E-state index contributed by atoms with van der Waals surface area (Å²) in [7, 11) is 0. The first-order valence-corrected chi connectivity index (χ1v) is 8.65. The summed E-state index contributed by atoms with van der Waals surface area (Å²) in [5.74, 6) is -0.803. The average molecular weight is 410 g/mol. The fraction of sp³-hybridized carbons (Fsp3) is 0.375. The molecule has 0 unspecified atom stereocenters. The van der Waals surface area contributed by atoms with Gasteiger partial charge in [-0.2, -0.15) is 0 Å². The number of hydrogen-bond donors (Lipinski definition) is 2. The van der Waals surface area contributed by atoms with E-state index in [9.17, 15) is 18.4 Å². The SMILES string of the molecule is Nc1nonc1C(=O)N1CCCN(C(=O)Nc2ccc3c(c2)OC(F)(F)O3)CC1. The number of ether oxygens (including phenoxy) is 2. The Morgan fingerprint density at radius 1 is 1.07 bits per heavy atom. The summed E-state index contributed by atoms with van der Waals surface area (Å²) < 4.78 is 39.3. The summed E-state index contributed by atoms with van der Waals surface area (Å²) in [4.78, 5) is 28.0. The average Bonchev–Trinajstić information content (AvgIpc) is 3.11. The molecule has 0 aliphatic carbocycles. The molecule has 0 atom stereocenters. The van der Waals surface area contributed by atoms with Gasteiger partial charge < -0.3 is 30.3 Å². The third kappa shape index (κ3) is 3.83. The van der Waals surface area contributed by atoms with Gasteiger partial charge in [-0.1, -0.05) is 0 Å². The van der Waals surface area contributed by atoms with Crippen LogP contribution in [0.5, 0.6) is 11.5 Å². The predicted molar refractivity (Wildman–Crippen MR) is 92.5 cm³/mol. The molecule has 3 amide bonds. The van der Waals surface area contributed by atoms with Crippen LogP contribution in [0.1, 0.15) is 16.9 Å². The molecule has 4 rings (SSSR count). The van der Waals surface area contributed by atoms with Gasteiger partial charge in [0.2, 0.25) is 11.5 Å². The van der Waals surface area contributed by atoms with Gasteiger partial charge in [0.25, 0.3) is 5.91 Å². The van der Waals surface area contributed by atoms with E-state index in [0.717, 1.165) is 0 Å². The Morgan fingerprint density at radius 2 is 1.79 bits per heavy atom. The summed E-state index contributed by atoms with van der Waals surface area (Å²) in [5.41, 5.74) is 5.75. The third-order valence-electron chi connectivity index (χ3n) is 4.44. The van der Waals surface area contributed by atoms with Crippen molar-refractivity contribution >= 4 is 23.4 Å².